The Hall–Kier alpha value is -1.31. The van der Waals surface area contributed by atoms with E-state index in [0.29, 0.717) is 18.4 Å². The SMILES string of the molecule is CCCC(=O)N(C)C1CC1c1cccc(C)c1. The molecule has 0 saturated heterocycles. The molecule has 1 aromatic rings. The van der Waals surface area contributed by atoms with Crippen LogP contribution in [-0.2, 0) is 4.79 Å². The molecule has 1 fully saturated rings. The minimum absolute atomic E-state index is 0.285. The maximum absolute atomic E-state index is 11.8. The molecule has 92 valence electrons. The van der Waals surface area contributed by atoms with E-state index in [4.69, 9.17) is 0 Å². The van der Waals surface area contributed by atoms with E-state index in [1.165, 1.54) is 11.1 Å². The summed E-state index contributed by atoms with van der Waals surface area (Å²) in [7, 11) is 1.94. The Morgan fingerprint density at radius 2 is 2.24 bits per heavy atom. The van der Waals surface area contributed by atoms with Gasteiger partial charge in [0.15, 0.2) is 0 Å². The first-order chi connectivity index (χ1) is 8.13. The summed E-state index contributed by atoms with van der Waals surface area (Å²) in [5.41, 5.74) is 2.68. The van der Waals surface area contributed by atoms with Gasteiger partial charge in [0.25, 0.3) is 0 Å². The van der Waals surface area contributed by atoms with E-state index in [-0.39, 0.29) is 5.91 Å². The summed E-state index contributed by atoms with van der Waals surface area (Å²) in [5.74, 6) is 0.841. The van der Waals surface area contributed by atoms with E-state index >= 15 is 0 Å². The lowest BCUT2D eigenvalue weighted by molar-refractivity contribution is -0.130. The molecule has 17 heavy (non-hydrogen) atoms. The fraction of sp³-hybridized carbons (Fsp3) is 0.533. The molecule has 2 heteroatoms. The monoisotopic (exact) mass is 231 g/mol. The highest BCUT2D eigenvalue weighted by Gasteiger charge is 2.42. The van der Waals surface area contributed by atoms with Crippen molar-refractivity contribution in [1.82, 2.24) is 4.90 Å². The molecule has 0 heterocycles. The van der Waals surface area contributed by atoms with Crippen molar-refractivity contribution in [1.29, 1.82) is 0 Å². The molecule has 2 nitrogen and oxygen atoms in total. The number of hydrogen-bond donors (Lipinski definition) is 0. The molecule has 0 aliphatic heterocycles. The van der Waals surface area contributed by atoms with Gasteiger partial charge in [-0.1, -0.05) is 36.8 Å². The number of hydrogen-bond acceptors (Lipinski definition) is 1. The minimum Gasteiger partial charge on any atom is -0.342 e. The number of carbonyl (C=O) groups excluding carboxylic acids is 1. The molecular formula is C15H21NO. The maximum Gasteiger partial charge on any atom is 0.222 e. The number of likely N-dealkylation sites (N-methyl/N-ethyl adjacent to an activating group) is 1. The number of rotatable bonds is 4. The van der Waals surface area contributed by atoms with Crippen LogP contribution in [0.25, 0.3) is 0 Å². The van der Waals surface area contributed by atoms with Crippen LogP contribution in [0.4, 0.5) is 0 Å². The minimum atomic E-state index is 0.285. The predicted molar refractivity (Wildman–Crippen MR) is 70.0 cm³/mol. The van der Waals surface area contributed by atoms with E-state index in [2.05, 4.69) is 38.1 Å². The molecule has 0 spiro atoms. The summed E-state index contributed by atoms with van der Waals surface area (Å²) in [6.07, 6.45) is 2.73. The Balaban J connectivity index is 1.98. The number of aryl methyl sites for hydroxylation is 1. The van der Waals surface area contributed by atoms with Crippen LogP contribution < -0.4 is 0 Å². The highest BCUT2D eigenvalue weighted by Crippen LogP contribution is 2.44. The molecule has 1 aliphatic carbocycles. The Morgan fingerprint density at radius 3 is 2.88 bits per heavy atom. The van der Waals surface area contributed by atoms with Gasteiger partial charge >= 0.3 is 0 Å². The first kappa shape index (κ1) is 12.2. The Kier molecular flexibility index (Phi) is 3.51. The molecule has 0 aromatic heterocycles. The first-order valence-corrected chi connectivity index (χ1v) is 6.45. The topological polar surface area (TPSA) is 20.3 Å². The Bertz CT molecular complexity index is 413. The molecule has 2 unspecified atom stereocenters. The molecule has 1 aromatic carbocycles. The van der Waals surface area contributed by atoms with Gasteiger partial charge in [-0.25, -0.2) is 0 Å². The van der Waals surface area contributed by atoms with Gasteiger partial charge in [-0.3, -0.25) is 4.79 Å². The smallest absolute Gasteiger partial charge is 0.222 e. The molecule has 1 amide bonds. The number of carbonyl (C=O) groups is 1. The van der Waals surface area contributed by atoms with Crippen molar-refractivity contribution in [2.24, 2.45) is 0 Å². The van der Waals surface area contributed by atoms with Crippen molar-refractivity contribution >= 4 is 5.91 Å². The average molecular weight is 231 g/mol. The van der Waals surface area contributed by atoms with Crippen molar-refractivity contribution < 1.29 is 4.79 Å². The second-order valence-electron chi connectivity index (χ2n) is 5.08. The third kappa shape index (κ3) is 2.68. The maximum atomic E-state index is 11.8. The van der Waals surface area contributed by atoms with Crippen LogP contribution in [0.2, 0.25) is 0 Å². The van der Waals surface area contributed by atoms with Crippen molar-refractivity contribution in [3.8, 4) is 0 Å². The van der Waals surface area contributed by atoms with Crippen LogP contribution in [0, 0.1) is 6.92 Å². The lowest BCUT2D eigenvalue weighted by atomic mass is 10.1. The second-order valence-corrected chi connectivity index (χ2v) is 5.08. The number of benzene rings is 1. The normalized spacial score (nSPS) is 22.3. The van der Waals surface area contributed by atoms with Crippen LogP contribution in [0.15, 0.2) is 24.3 Å². The van der Waals surface area contributed by atoms with E-state index in [1.54, 1.807) is 0 Å². The van der Waals surface area contributed by atoms with Crippen LogP contribution in [-0.4, -0.2) is 23.9 Å². The molecule has 2 atom stereocenters. The van der Waals surface area contributed by atoms with Gasteiger partial charge in [0.1, 0.15) is 0 Å². The van der Waals surface area contributed by atoms with Crippen LogP contribution in [0.5, 0.6) is 0 Å². The van der Waals surface area contributed by atoms with Crippen LogP contribution >= 0.6 is 0 Å². The third-order valence-corrected chi connectivity index (χ3v) is 3.58. The zero-order valence-electron chi connectivity index (χ0n) is 10.9. The zero-order valence-corrected chi connectivity index (χ0v) is 10.9. The lowest BCUT2D eigenvalue weighted by Gasteiger charge is -2.17. The van der Waals surface area contributed by atoms with Gasteiger partial charge in [0.2, 0.25) is 5.91 Å². The largest absolute Gasteiger partial charge is 0.342 e. The summed E-state index contributed by atoms with van der Waals surface area (Å²) in [6, 6.07) is 9.06. The summed E-state index contributed by atoms with van der Waals surface area (Å²) < 4.78 is 0. The third-order valence-electron chi connectivity index (χ3n) is 3.58. The van der Waals surface area contributed by atoms with Crippen LogP contribution in [0.1, 0.15) is 43.2 Å². The molecule has 1 aliphatic rings. The van der Waals surface area contributed by atoms with E-state index in [1.807, 2.05) is 11.9 Å². The Morgan fingerprint density at radius 1 is 1.47 bits per heavy atom. The van der Waals surface area contributed by atoms with Gasteiger partial charge < -0.3 is 4.90 Å². The summed E-state index contributed by atoms with van der Waals surface area (Å²) in [5, 5.41) is 0. The summed E-state index contributed by atoms with van der Waals surface area (Å²) >= 11 is 0. The summed E-state index contributed by atoms with van der Waals surface area (Å²) in [6.45, 7) is 4.17. The van der Waals surface area contributed by atoms with Gasteiger partial charge in [-0.05, 0) is 25.3 Å². The highest BCUT2D eigenvalue weighted by molar-refractivity contribution is 5.76. The van der Waals surface area contributed by atoms with Crippen molar-refractivity contribution in [3.63, 3.8) is 0 Å². The summed E-state index contributed by atoms with van der Waals surface area (Å²) in [4.78, 5) is 13.7. The van der Waals surface area contributed by atoms with Crippen molar-refractivity contribution in [2.45, 2.75) is 45.1 Å². The van der Waals surface area contributed by atoms with Gasteiger partial charge in [0.05, 0.1) is 0 Å². The zero-order chi connectivity index (χ0) is 12.4. The average Bonchev–Trinajstić information content (AvgIpc) is 3.08. The molecule has 2 rings (SSSR count). The molecule has 0 bridgehead atoms. The van der Waals surface area contributed by atoms with Crippen LogP contribution in [0.3, 0.4) is 0 Å². The standard InChI is InChI=1S/C15H21NO/c1-4-6-15(17)16(3)14-10-13(14)12-8-5-7-11(2)9-12/h5,7-9,13-14H,4,6,10H2,1-3H3. The highest BCUT2D eigenvalue weighted by atomic mass is 16.2. The van der Waals surface area contributed by atoms with Gasteiger partial charge in [0, 0.05) is 25.4 Å². The molecule has 1 saturated carbocycles. The number of nitrogens with zero attached hydrogens (tertiary/aromatic N) is 1. The molecule has 0 N–H and O–H groups in total. The van der Waals surface area contributed by atoms with E-state index in [9.17, 15) is 4.79 Å². The Labute approximate surface area is 104 Å². The molecule has 0 radical (unpaired) electrons. The molecular weight excluding hydrogens is 210 g/mol. The van der Waals surface area contributed by atoms with E-state index < -0.39 is 0 Å². The van der Waals surface area contributed by atoms with E-state index in [0.717, 1.165) is 12.8 Å². The van der Waals surface area contributed by atoms with Crippen molar-refractivity contribution in [3.05, 3.63) is 35.4 Å². The fourth-order valence-corrected chi connectivity index (χ4v) is 2.44. The quantitative estimate of drug-likeness (QED) is 0.779. The lowest BCUT2D eigenvalue weighted by Crippen LogP contribution is -2.29. The van der Waals surface area contributed by atoms with Gasteiger partial charge in [-0.2, -0.15) is 0 Å². The first-order valence-electron chi connectivity index (χ1n) is 6.45. The van der Waals surface area contributed by atoms with Crippen molar-refractivity contribution in [2.75, 3.05) is 7.05 Å². The van der Waals surface area contributed by atoms with Gasteiger partial charge in [-0.15, -0.1) is 0 Å². The predicted octanol–water partition coefficient (Wildman–Crippen LogP) is 3.11. The fourth-order valence-electron chi connectivity index (χ4n) is 2.44. The second kappa shape index (κ2) is 4.91. The number of amides is 1.